The van der Waals surface area contributed by atoms with Gasteiger partial charge in [0.2, 0.25) is 5.91 Å². The smallest absolute Gasteiger partial charge is 0.224 e. The van der Waals surface area contributed by atoms with Gasteiger partial charge in [-0.05, 0) is 20.3 Å². The van der Waals surface area contributed by atoms with Crippen LogP contribution in [0.25, 0.3) is 0 Å². The minimum atomic E-state index is -0.646. The monoisotopic (exact) mass is 270 g/mol. The van der Waals surface area contributed by atoms with Crippen LogP contribution in [-0.4, -0.2) is 25.0 Å². The summed E-state index contributed by atoms with van der Waals surface area (Å²) < 4.78 is 0. The van der Waals surface area contributed by atoms with E-state index in [2.05, 4.69) is 17.2 Å². The molecule has 0 aromatic carbocycles. The molecule has 112 valence electrons. The highest BCUT2D eigenvalue weighted by Crippen LogP contribution is 2.13. The van der Waals surface area contributed by atoms with Crippen molar-refractivity contribution in [3.63, 3.8) is 0 Å². The van der Waals surface area contributed by atoms with E-state index in [-0.39, 0.29) is 5.91 Å². The molecule has 0 heterocycles. The van der Waals surface area contributed by atoms with Crippen molar-refractivity contribution in [3.05, 3.63) is 0 Å². The predicted octanol–water partition coefficient (Wildman–Crippen LogP) is 1.76. The maximum Gasteiger partial charge on any atom is 0.224 e. The fraction of sp³-hybridized carbons (Fsp3) is 0.857. The van der Waals surface area contributed by atoms with Crippen molar-refractivity contribution in [1.29, 1.82) is 0 Å². The van der Waals surface area contributed by atoms with Crippen LogP contribution in [0.5, 0.6) is 0 Å². The lowest BCUT2D eigenvalue weighted by atomic mass is 9.93. The van der Waals surface area contributed by atoms with Crippen LogP contribution >= 0.6 is 0 Å². The third kappa shape index (κ3) is 9.33. The molecule has 5 nitrogen and oxygen atoms in total. The van der Waals surface area contributed by atoms with Crippen molar-refractivity contribution < 1.29 is 4.79 Å². The Bertz CT molecular complexity index is 287. The average Bonchev–Trinajstić information content (AvgIpc) is 2.35. The maximum absolute atomic E-state index is 11.1. The Morgan fingerprint density at radius 1 is 1.11 bits per heavy atom. The van der Waals surface area contributed by atoms with E-state index in [1.807, 2.05) is 0 Å². The molecule has 0 unspecified atom stereocenters. The van der Waals surface area contributed by atoms with Crippen LogP contribution < -0.4 is 16.8 Å². The molecule has 0 fully saturated rings. The van der Waals surface area contributed by atoms with Gasteiger partial charge in [-0.1, -0.05) is 39.0 Å². The molecule has 5 N–H and O–H groups in total. The summed E-state index contributed by atoms with van der Waals surface area (Å²) in [6.45, 7) is 6.89. The SMILES string of the molecule is CCCCCCCCNC(N)=NCC(C)(C)C(N)=O. The molecule has 0 aromatic heterocycles. The second-order valence-electron chi connectivity index (χ2n) is 5.64. The van der Waals surface area contributed by atoms with E-state index in [0.717, 1.165) is 13.0 Å². The van der Waals surface area contributed by atoms with Crippen molar-refractivity contribution in [3.8, 4) is 0 Å². The van der Waals surface area contributed by atoms with E-state index in [4.69, 9.17) is 11.5 Å². The van der Waals surface area contributed by atoms with Crippen molar-refractivity contribution in [2.75, 3.05) is 13.1 Å². The number of carbonyl (C=O) groups excluding carboxylic acids is 1. The fourth-order valence-electron chi connectivity index (χ4n) is 1.54. The Hall–Kier alpha value is -1.26. The lowest BCUT2D eigenvalue weighted by Gasteiger charge is -2.17. The van der Waals surface area contributed by atoms with Gasteiger partial charge in [-0.25, -0.2) is 0 Å². The van der Waals surface area contributed by atoms with Crippen LogP contribution in [0.1, 0.15) is 59.3 Å². The fourth-order valence-corrected chi connectivity index (χ4v) is 1.54. The number of guanidine groups is 1. The number of rotatable bonds is 10. The minimum absolute atomic E-state index is 0.317. The predicted molar refractivity (Wildman–Crippen MR) is 80.8 cm³/mol. The molecule has 0 radical (unpaired) electrons. The number of primary amides is 1. The Morgan fingerprint density at radius 3 is 2.26 bits per heavy atom. The molecule has 0 rings (SSSR count). The summed E-state index contributed by atoms with van der Waals surface area (Å²) in [5, 5.41) is 3.06. The normalized spacial score (nSPS) is 12.5. The van der Waals surface area contributed by atoms with Crippen LogP contribution in [0.4, 0.5) is 0 Å². The summed E-state index contributed by atoms with van der Waals surface area (Å²) in [7, 11) is 0. The van der Waals surface area contributed by atoms with E-state index in [9.17, 15) is 4.79 Å². The van der Waals surface area contributed by atoms with Crippen LogP contribution in [0, 0.1) is 5.41 Å². The number of nitrogens with two attached hydrogens (primary N) is 2. The first-order valence-electron chi connectivity index (χ1n) is 7.24. The van der Waals surface area contributed by atoms with Gasteiger partial charge >= 0.3 is 0 Å². The number of nitrogens with one attached hydrogen (secondary N) is 1. The number of hydrogen-bond acceptors (Lipinski definition) is 2. The Balaban J connectivity index is 3.68. The lowest BCUT2D eigenvalue weighted by Crippen LogP contribution is -2.37. The summed E-state index contributed by atoms with van der Waals surface area (Å²) in [5.74, 6) is 0.0304. The minimum Gasteiger partial charge on any atom is -0.370 e. The van der Waals surface area contributed by atoms with Crippen molar-refractivity contribution in [2.45, 2.75) is 59.3 Å². The van der Waals surface area contributed by atoms with Gasteiger partial charge in [0.1, 0.15) is 0 Å². The summed E-state index contributed by atoms with van der Waals surface area (Å²) in [6.07, 6.45) is 7.49. The molecule has 19 heavy (non-hydrogen) atoms. The molecule has 0 spiro atoms. The summed E-state index contributed by atoms with van der Waals surface area (Å²) in [4.78, 5) is 15.3. The third-order valence-electron chi connectivity index (χ3n) is 3.15. The lowest BCUT2D eigenvalue weighted by molar-refractivity contribution is -0.125. The number of nitrogens with zero attached hydrogens (tertiary/aromatic N) is 1. The Labute approximate surface area is 117 Å². The molecule has 0 bridgehead atoms. The van der Waals surface area contributed by atoms with Gasteiger partial charge in [-0.2, -0.15) is 0 Å². The highest BCUT2D eigenvalue weighted by atomic mass is 16.1. The van der Waals surface area contributed by atoms with Crippen LogP contribution in [-0.2, 0) is 4.79 Å². The van der Waals surface area contributed by atoms with Gasteiger partial charge in [0.25, 0.3) is 0 Å². The molecule has 5 heteroatoms. The van der Waals surface area contributed by atoms with E-state index >= 15 is 0 Å². The van der Waals surface area contributed by atoms with Crippen molar-refractivity contribution >= 4 is 11.9 Å². The summed E-state index contributed by atoms with van der Waals surface area (Å²) in [6, 6.07) is 0. The van der Waals surface area contributed by atoms with Gasteiger partial charge in [0.05, 0.1) is 12.0 Å². The number of carbonyl (C=O) groups is 1. The Morgan fingerprint density at radius 2 is 1.68 bits per heavy atom. The maximum atomic E-state index is 11.1. The molecule has 0 aliphatic carbocycles. The number of amides is 1. The van der Waals surface area contributed by atoms with E-state index in [1.165, 1.54) is 32.1 Å². The number of hydrogen-bond donors (Lipinski definition) is 3. The molecule has 0 saturated heterocycles. The molecule has 0 aromatic rings. The van der Waals surface area contributed by atoms with Crippen molar-refractivity contribution in [1.82, 2.24) is 5.32 Å². The van der Waals surface area contributed by atoms with Gasteiger partial charge in [-0.3, -0.25) is 9.79 Å². The highest BCUT2D eigenvalue weighted by molar-refractivity contribution is 5.81. The van der Waals surface area contributed by atoms with Crippen LogP contribution in [0.15, 0.2) is 4.99 Å². The molecule has 0 aliphatic rings. The first-order valence-corrected chi connectivity index (χ1v) is 7.24. The van der Waals surface area contributed by atoms with Crippen LogP contribution in [0.3, 0.4) is 0 Å². The van der Waals surface area contributed by atoms with Gasteiger partial charge in [0, 0.05) is 6.54 Å². The second kappa shape index (κ2) is 9.64. The summed E-state index contributed by atoms with van der Waals surface area (Å²) >= 11 is 0. The molecule has 0 aliphatic heterocycles. The quantitative estimate of drug-likeness (QED) is 0.321. The molecular formula is C14H30N4O. The number of unbranched alkanes of at least 4 members (excludes halogenated alkanes) is 5. The van der Waals surface area contributed by atoms with E-state index < -0.39 is 5.41 Å². The average molecular weight is 270 g/mol. The third-order valence-corrected chi connectivity index (χ3v) is 3.15. The van der Waals surface area contributed by atoms with Crippen molar-refractivity contribution in [2.24, 2.45) is 21.9 Å². The largest absolute Gasteiger partial charge is 0.370 e. The molecule has 0 atom stereocenters. The zero-order valence-corrected chi connectivity index (χ0v) is 12.7. The van der Waals surface area contributed by atoms with Crippen LogP contribution in [0.2, 0.25) is 0 Å². The molecule has 1 amide bonds. The van der Waals surface area contributed by atoms with E-state index in [1.54, 1.807) is 13.8 Å². The first kappa shape index (κ1) is 17.7. The van der Waals surface area contributed by atoms with Gasteiger partial charge < -0.3 is 16.8 Å². The topological polar surface area (TPSA) is 93.5 Å². The second-order valence-corrected chi connectivity index (χ2v) is 5.64. The zero-order valence-electron chi connectivity index (χ0n) is 12.7. The highest BCUT2D eigenvalue weighted by Gasteiger charge is 2.24. The Kier molecular flexibility index (Phi) is 9.00. The first-order chi connectivity index (χ1) is 8.90. The standard InChI is InChI=1S/C14H30N4O/c1-4-5-6-7-8-9-10-17-13(16)18-11-14(2,3)12(15)19/h4-11H2,1-3H3,(H2,15,19)(H3,16,17,18). The van der Waals surface area contributed by atoms with Gasteiger partial charge in [-0.15, -0.1) is 0 Å². The van der Waals surface area contributed by atoms with Gasteiger partial charge in [0.15, 0.2) is 5.96 Å². The number of aliphatic imine (C=N–C) groups is 1. The zero-order chi connectivity index (χ0) is 14.7. The summed E-state index contributed by atoms with van der Waals surface area (Å²) in [5.41, 5.74) is 10.4. The molecule has 0 saturated carbocycles. The van der Waals surface area contributed by atoms with E-state index in [0.29, 0.717) is 12.5 Å². The molecular weight excluding hydrogens is 240 g/mol.